The number of carbonyl (C=O) groups excluding carboxylic acids is 1. The number of carbonyl (C=O) groups is 1. The van der Waals surface area contributed by atoms with Gasteiger partial charge in [-0.15, -0.1) is 11.3 Å². The highest BCUT2D eigenvalue weighted by Crippen LogP contribution is 2.28. The van der Waals surface area contributed by atoms with E-state index in [0.29, 0.717) is 17.1 Å². The lowest BCUT2D eigenvalue weighted by atomic mass is 10.2. The highest BCUT2D eigenvalue weighted by atomic mass is 35.5. The normalized spacial score (nSPS) is 11.4. The Labute approximate surface area is 245 Å². The smallest absolute Gasteiger partial charge is 0.340 e. The highest BCUT2D eigenvalue weighted by molar-refractivity contribution is 7.92. The monoisotopic (exact) mass is 608 g/mol. The fourth-order valence-corrected chi connectivity index (χ4v) is 6.60. The summed E-state index contributed by atoms with van der Waals surface area (Å²) in [5.41, 5.74) is 1.89. The number of hydrogen-bond acceptors (Lipinski definition) is 7. The van der Waals surface area contributed by atoms with Gasteiger partial charge in [-0.2, -0.15) is 0 Å². The molecule has 3 aromatic carbocycles. The molecular weight excluding hydrogens is 584 g/mol. The number of halogens is 1. The van der Waals surface area contributed by atoms with Crippen LogP contribution in [0.3, 0.4) is 0 Å². The molecule has 41 heavy (non-hydrogen) atoms. The van der Waals surface area contributed by atoms with Crippen LogP contribution in [0.5, 0.6) is 0 Å². The van der Waals surface area contributed by atoms with E-state index in [2.05, 4.69) is 4.98 Å². The van der Waals surface area contributed by atoms with Crippen LogP contribution in [0.1, 0.15) is 21.7 Å². The van der Waals surface area contributed by atoms with Crippen molar-refractivity contribution in [3.05, 3.63) is 117 Å². The van der Waals surface area contributed by atoms with Crippen molar-refractivity contribution in [1.29, 1.82) is 0 Å². The lowest BCUT2D eigenvalue weighted by Crippen LogP contribution is -2.32. The zero-order valence-corrected chi connectivity index (χ0v) is 24.7. The highest BCUT2D eigenvalue weighted by Gasteiger charge is 2.30. The summed E-state index contributed by atoms with van der Waals surface area (Å²) in [6.07, 6.45) is 0. The number of thiazole rings is 1. The molecule has 12 heteroatoms. The van der Waals surface area contributed by atoms with Gasteiger partial charge in [0.15, 0.2) is 0 Å². The molecule has 0 saturated carbocycles. The van der Waals surface area contributed by atoms with Gasteiger partial charge >= 0.3 is 5.97 Å². The minimum absolute atomic E-state index is 0.0202. The van der Waals surface area contributed by atoms with Crippen LogP contribution >= 0.6 is 22.9 Å². The average molecular weight is 609 g/mol. The number of aromatic nitrogens is 3. The van der Waals surface area contributed by atoms with E-state index < -0.39 is 21.6 Å². The SMILES string of the molecule is Cc1c(N(C)S(=O)(=O)c2ccc(Cl)c(C(=O)OCc3csc(-c4ccccc4)n3)c2)c(=O)n(-c2ccccc2)n1C. The lowest BCUT2D eigenvalue weighted by molar-refractivity contribution is 0.0468. The minimum Gasteiger partial charge on any atom is -0.456 e. The molecule has 2 heterocycles. The van der Waals surface area contributed by atoms with E-state index in [1.165, 1.54) is 35.2 Å². The summed E-state index contributed by atoms with van der Waals surface area (Å²) in [5.74, 6) is -0.800. The number of anilines is 1. The molecular formula is C29H25ClN4O5S2. The standard InChI is InChI=1S/C29H25ClN4O5S2/c1-19-26(28(35)34(32(19)2)22-12-8-5-9-13-22)33(3)41(37,38)23-14-15-25(30)24(16-23)29(36)39-17-21-18-40-27(31-21)20-10-6-4-7-11-20/h4-16,18H,17H2,1-3H3. The Morgan fingerprint density at radius 2 is 1.71 bits per heavy atom. The molecule has 0 unspecified atom stereocenters. The van der Waals surface area contributed by atoms with Gasteiger partial charge in [-0.25, -0.2) is 22.9 Å². The largest absolute Gasteiger partial charge is 0.456 e. The minimum atomic E-state index is -4.26. The molecule has 2 aromatic heterocycles. The topological polar surface area (TPSA) is 104 Å². The van der Waals surface area contributed by atoms with Gasteiger partial charge in [-0.3, -0.25) is 13.8 Å². The van der Waals surface area contributed by atoms with E-state index in [9.17, 15) is 18.0 Å². The molecule has 0 atom stereocenters. The number of benzene rings is 3. The van der Waals surface area contributed by atoms with Crippen molar-refractivity contribution in [3.63, 3.8) is 0 Å². The fourth-order valence-electron chi connectivity index (χ4n) is 4.32. The maximum Gasteiger partial charge on any atom is 0.340 e. The van der Waals surface area contributed by atoms with Gasteiger partial charge in [0.05, 0.1) is 32.6 Å². The third-order valence-corrected chi connectivity index (χ3v) is 9.60. The van der Waals surface area contributed by atoms with E-state index in [-0.39, 0.29) is 27.8 Å². The van der Waals surface area contributed by atoms with Crippen molar-refractivity contribution < 1.29 is 17.9 Å². The number of rotatable bonds is 8. The van der Waals surface area contributed by atoms with Crippen molar-refractivity contribution in [2.24, 2.45) is 7.05 Å². The van der Waals surface area contributed by atoms with Crippen LogP contribution in [0.2, 0.25) is 5.02 Å². The van der Waals surface area contributed by atoms with Gasteiger partial charge in [-0.05, 0) is 37.3 Å². The van der Waals surface area contributed by atoms with E-state index in [4.69, 9.17) is 16.3 Å². The Hall–Kier alpha value is -4.19. The molecule has 0 aliphatic carbocycles. The number of ether oxygens (including phenoxy) is 1. The van der Waals surface area contributed by atoms with Crippen LogP contribution < -0.4 is 9.86 Å². The molecule has 5 rings (SSSR count). The van der Waals surface area contributed by atoms with Crippen LogP contribution in [0, 0.1) is 6.92 Å². The fraction of sp³-hybridized carbons (Fsp3) is 0.138. The molecule has 0 fully saturated rings. The molecule has 0 N–H and O–H groups in total. The Morgan fingerprint density at radius 3 is 2.39 bits per heavy atom. The Bertz CT molecular complexity index is 1900. The first kappa shape index (κ1) is 28.3. The van der Waals surface area contributed by atoms with E-state index >= 15 is 0 Å². The first-order valence-electron chi connectivity index (χ1n) is 12.4. The van der Waals surface area contributed by atoms with E-state index in [1.807, 2.05) is 36.4 Å². The molecule has 0 saturated heterocycles. The summed E-state index contributed by atoms with van der Waals surface area (Å²) in [7, 11) is -1.29. The Balaban J connectivity index is 1.39. The van der Waals surface area contributed by atoms with Crippen molar-refractivity contribution in [3.8, 4) is 16.3 Å². The quantitative estimate of drug-likeness (QED) is 0.217. The van der Waals surface area contributed by atoms with Gasteiger partial charge in [0.1, 0.15) is 17.3 Å². The molecule has 0 aliphatic rings. The zero-order valence-electron chi connectivity index (χ0n) is 22.3. The van der Waals surface area contributed by atoms with E-state index in [0.717, 1.165) is 20.9 Å². The predicted octanol–water partition coefficient (Wildman–Crippen LogP) is 5.44. The lowest BCUT2D eigenvalue weighted by Gasteiger charge is -2.18. The Morgan fingerprint density at radius 1 is 1.05 bits per heavy atom. The second-order valence-corrected chi connectivity index (χ2v) is 12.3. The number of nitrogens with zero attached hydrogens (tertiary/aromatic N) is 4. The van der Waals surface area contributed by atoms with Gasteiger partial charge in [0, 0.05) is 25.0 Å². The number of para-hydroxylation sites is 1. The first-order valence-corrected chi connectivity index (χ1v) is 15.1. The molecule has 210 valence electrons. The molecule has 0 spiro atoms. The molecule has 5 aromatic rings. The Kier molecular flexibility index (Phi) is 7.85. The summed E-state index contributed by atoms with van der Waals surface area (Å²) in [5, 5.41) is 2.60. The first-order chi connectivity index (χ1) is 19.6. The summed E-state index contributed by atoms with van der Waals surface area (Å²) >= 11 is 7.69. The van der Waals surface area contributed by atoms with Crippen molar-refractivity contribution in [1.82, 2.24) is 14.3 Å². The van der Waals surface area contributed by atoms with Crippen LogP contribution in [0.25, 0.3) is 16.3 Å². The van der Waals surface area contributed by atoms with Crippen LogP contribution in [0.4, 0.5) is 5.69 Å². The van der Waals surface area contributed by atoms with Crippen molar-refractivity contribution in [2.45, 2.75) is 18.4 Å². The average Bonchev–Trinajstić information content (AvgIpc) is 3.54. The molecule has 0 aliphatic heterocycles. The van der Waals surface area contributed by atoms with Gasteiger partial charge in [-0.1, -0.05) is 60.1 Å². The van der Waals surface area contributed by atoms with Crippen molar-refractivity contribution in [2.75, 3.05) is 11.4 Å². The maximum atomic E-state index is 13.7. The molecule has 0 bridgehead atoms. The van der Waals surface area contributed by atoms with Crippen LogP contribution in [-0.2, 0) is 28.4 Å². The van der Waals surface area contributed by atoms with Gasteiger partial charge in [0.2, 0.25) is 0 Å². The van der Waals surface area contributed by atoms with Crippen LogP contribution in [0.15, 0.2) is 93.9 Å². The van der Waals surface area contributed by atoms with E-state index in [1.54, 1.807) is 48.3 Å². The molecule has 0 amide bonds. The summed E-state index contributed by atoms with van der Waals surface area (Å²) in [4.78, 5) is 30.6. The zero-order chi connectivity index (χ0) is 29.3. The summed E-state index contributed by atoms with van der Waals surface area (Å²) in [6, 6.07) is 22.3. The second-order valence-electron chi connectivity index (χ2n) is 9.11. The summed E-state index contributed by atoms with van der Waals surface area (Å²) in [6.45, 7) is 1.55. The third-order valence-electron chi connectivity index (χ3n) is 6.58. The third kappa shape index (κ3) is 5.43. The number of esters is 1. The second kappa shape index (κ2) is 11.4. The predicted molar refractivity (Wildman–Crippen MR) is 159 cm³/mol. The number of sulfonamides is 1. The molecule has 0 radical (unpaired) electrons. The van der Waals surface area contributed by atoms with Gasteiger partial charge in [0.25, 0.3) is 15.6 Å². The van der Waals surface area contributed by atoms with Gasteiger partial charge < -0.3 is 4.74 Å². The van der Waals surface area contributed by atoms with Crippen LogP contribution in [-0.4, -0.2) is 35.8 Å². The number of hydrogen-bond donors (Lipinski definition) is 0. The molecule has 9 nitrogen and oxygen atoms in total. The maximum absolute atomic E-state index is 13.7. The summed E-state index contributed by atoms with van der Waals surface area (Å²) < 4.78 is 36.6. The van der Waals surface area contributed by atoms with Crippen molar-refractivity contribution >= 4 is 44.6 Å².